The number of sulfonamides is 1. The van der Waals surface area contributed by atoms with Crippen LogP contribution in [0, 0.1) is 12.8 Å². The Morgan fingerprint density at radius 3 is 2.30 bits per heavy atom. The van der Waals surface area contributed by atoms with Crippen LogP contribution in [0.25, 0.3) is 0 Å². The molecule has 1 amide bonds. The molecule has 1 aromatic carbocycles. The molecule has 0 heterocycles. The predicted molar refractivity (Wildman–Crippen MR) is 109 cm³/mol. The molecular weight excluding hydrogens is 412 g/mol. The number of amides is 1. The second kappa shape index (κ2) is 9.32. The summed E-state index contributed by atoms with van der Waals surface area (Å²) in [5.41, 5.74) is 0.0964. The summed E-state index contributed by atoms with van der Waals surface area (Å²) in [6.07, 6.45) is -2.10. The van der Waals surface area contributed by atoms with Gasteiger partial charge < -0.3 is 19.9 Å². The Kier molecular flexibility index (Phi) is 7.49. The summed E-state index contributed by atoms with van der Waals surface area (Å²) in [6, 6.07) is 4.00. The minimum Gasteiger partial charge on any atom is -0.466 e. The molecule has 168 valence electrons. The van der Waals surface area contributed by atoms with Crippen LogP contribution in [0.1, 0.15) is 39.7 Å². The molecule has 10 heteroatoms. The maximum absolute atomic E-state index is 12.8. The fourth-order valence-corrected chi connectivity index (χ4v) is 4.58. The van der Waals surface area contributed by atoms with Gasteiger partial charge in [0, 0.05) is 0 Å². The Morgan fingerprint density at radius 1 is 1.17 bits per heavy atom. The molecule has 0 bridgehead atoms. The van der Waals surface area contributed by atoms with Crippen molar-refractivity contribution in [1.29, 1.82) is 0 Å². The summed E-state index contributed by atoms with van der Waals surface area (Å²) in [5.74, 6) is -1.56. The summed E-state index contributed by atoms with van der Waals surface area (Å²) in [7, 11) is -4.01. The third-order valence-electron chi connectivity index (χ3n) is 4.63. The van der Waals surface area contributed by atoms with Crippen LogP contribution in [0.5, 0.6) is 0 Å². The first-order valence-electron chi connectivity index (χ1n) is 9.77. The lowest BCUT2D eigenvalue weighted by atomic mass is 10.0. The molecule has 1 aromatic rings. The molecule has 1 fully saturated rings. The van der Waals surface area contributed by atoms with Crippen molar-refractivity contribution in [2.45, 2.75) is 69.7 Å². The second-order valence-corrected chi connectivity index (χ2v) is 10.0. The summed E-state index contributed by atoms with van der Waals surface area (Å²) in [5, 5.41) is 13.1. The van der Waals surface area contributed by atoms with Crippen LogP contribution in [0.2, 0.25) is 0 Å². The van der Waals surface area contributed by atoms with Crippen LogP contribution >= 0.6 is 0 Å². The van der Waals surface area contributed by atoms with Crippen molar-refractivity contribution in [3.05, 3.63) is 29.8 Å². The van der Waals surface area contributed by atoms with E-state index in [1.807, 2.05) is 6.92 Å². The van der Waals surface area contributed by atoms with E-state index in [9.17, 15) is 23.1 Å². The summed E-state index contributed by atoms with van der Waals surface area (Å²) in [4.78, 5) is 24.7. The number of ether oxygens (including phenoxy) is 2. The van der Waals surface area contributed by atoms with E-state index >= 15 is 0 Å². The molecule has 0 radical (unpaired) electrons. The van der Waals surface area contributed by atoms with E-state index in [4.69, 9.17) is 9.47 Å². The monoisotopic (exact) mass is 442 g/mol. The minimum absolute atomic E-state index is 0.0101. The van der Waals surface area contributed by atoms with Crippen LogP contribution in [-0.2, 0) is 24.3 Å². The lowest BCUT2D eigenvalue weighted by molar-refractivity contribution is -0.148. The van der Waals surface area contributed by atoms with Gasteiger partial charge in [0.2, 0.25) is 10.0 Å². The molecule has 2 rings (SSSR count). The van der Waals surface area contributed by atoms with E-state index in [0.29, 0.717) is 0 Å². The van der Waals surface area contributed by atoms with Crippen molar-refractivity contribution in [2.75, 3.05) is 6.61 Å². The first kappa shape index (κ1) is 24.1. The Hall–Kier alpha value is -2.17. The van der Waals surface area contributed by atoms with Gasteiger partial charge >= 0.3 is 12.1 Å². The van der Waals surface area contributed by atoms with Crippen molar-refractivity contribution in [2.24, 2.45) is 5.92 Å². The van der Waals surface area contributed by atoms with Gasteiger partial charge in [-0.15, -0.1) is 0 Å². The molecule has 1 aliphatic carbocycles. The largest absolute Gasteiger partial charge is 0.466 e. The van der Waals surface area contributed by atoms with Crippen molar-refractivity contribution < 1.29 is 32.6 Å². The average molecular weight is 443 g/mol. The minimum atomic E-state index is -4.01. The number of aliphatic hydroxyl groups is 1. The highest BCUT2D eigenvalue weighted by molar-refractivity contribution is 7.89. The zero-order valence-corrected chi connectivity index (χ0v) is 18.7. The van der Waals surface area contributed by atoms with Crippen molar-refractivity contribution in [3.8, 4) is 0 Å². The molecule has 9 nitrogen and oxygen atoms in total. The number of alkyl carbamates (subject to hydrolysis) is 1. The Morgan fingerprint density at radius 2 is 1.77 bits per heavy atom. The van der Waals surface area contributed by atoms with Crippen LogP contribution < -0.4 is 10.0 Å². The first-order chi connectivity index (χ1) is 13.8. The van der Waals surface area contributed by atoms with Gasteiger partial charge in [-0.2, -0.15) is 0 Å². The number of nitrogens with one attached hydrogen (secondary N) is 2. The van der Waals surface area contributed by atoms with E-state index in [-0.39, 0.29) is 17.9 Å². The quantitative estimate of drug-likeness (QED) is 0.569. The number of aryl methyl sites for hydroxylation is 1. The lowest BCUT2D eigenvalue weighted by Crippen LogP contribution is -2.55. The van der Waals surface area contributed by atoms with Crippen molar-refractivity contribution >= 4 is 22.1 Å². The molecule has 0 saturated heterocycles. The van der Waals surface area contributed by atoms with Crippen LogP contribution in [0.3, 0.4) is 0 Å². The summed E-state index contributed by atoms with van der Waals surface area (Å²) >= 11 is 0. The van der Waals surface area contributed by atoms with E-state index < -0.39 is 51.8 Å². The predicted octanol–water partition coefficient (Wildman–Crippen LogP) is 1.48. The smallest absolute Gasteiger partial charge is 0.407 e. The molecule has 30 heavy (non-hydrogen) atoms. The molecule has 0 aromatic heterocycles. The number of rotatable bonds is 6. The molecular formula is C20H30N2O7S. The van der Waals surface area contributed by atoms with Gasteiger partial charge in [0.05, 0.1) is 35.6 Å². The number of carbonyl (C=O) groups excluding carboxylic acids is 2. The SMILES string of the molecule is CCOC(=O)[C@@H]1C[C@H](O)[C@@H](NS(=O)(=O)c2ccc(C)cc2)[C@H]1NC(=O)OC(C)(C)C. The topological polar surface area (TPSA) is 131 Å². The van der Waals surface area contributed by atoms with Gasteiger partial charge in [0.25, 0.3) is 0 Å². The maximum atomic E-state index is 12.8. The average Bonchev–Trinajstić information content (AvgIpc) is 2.89. The lowest BCUT2D eigenvalue weighted by Gasteiger charge is -2.28. The van der Waals surface area contributed by atoms with Crippen molar-refractivity contribution in [3.63, 3.8) is 0 Å². The van der Waals surface area contributed by atoms with Gasteiger partial charge in [0.1, 0.15) is 5.60 Å². The fourth-order valence-electron chi connectivity index (χ4n) is 3.29. The van der Waals surface area contributed by atoms with Gasteiger partial charge in [0.15, 0.2) is 0 Å². The van der Waals surface area contributed by atoms with E-state index in [2.05, 4.69) is 10.0 Å². The maximum Gasteiger partial charge on any atom is 0.407 e. The molecule has 0 aliphatic heterocycles. The number of aliphatic hydroxyl groups excluding tert-OH is 1. The summed E-state index contributed by atoms with van der Waals surface area (Å²) in [6.45, 7) is 8.61. The van der Waals surface area contributed by atoms with E-state index in [1.54, 1.807) is 39.8 Å². The Balaban J connectivity index is 2.30. The molecule has 0 spiro atoms. The highest BCUT2D eigenvalue weighted by Crippen LogP contribution is 2.30. The second-order valence-electron chi connectivity index (χ2n) is 8.29. The Bertz CT molecular complexity index is 862. The third-order valence-corrected chi connectivity index (χ3v) is 6.10. The zero-order valence-electron chi connectivity index (χ0n) is 17.8. The molecule has 1 saturated carbocycles. The van der Waals surface area contributed by atoms with Crippen LogP contribution in [0.15, 0.2) is 29.2 Å². The summed E-state index contributed by atoms with van der Waals surface area (Å²) < 4.78 is 38.4. The Labute approximate surface area is 177 Å². The third kappa shape index (κ3) is 6.16. The highest BCUT2D eigenvalue weighted by Gasteiger charge is 2.49. The van der Waals surface area contributed by atoms with E-state index in [0.717, 1.165) is 5.56 Å². The molecule has 0 unspecified atom stereocenters. The standard InChI is InChI=1S/C20H30N2O7S/c1-6-28-18(24)14-11-15(23)17(16(14)21-19(25)29-20(3,4)5)22-30(26,27)13-9-7-12(2)8-10-13/h7-10,14-17,22-23H,6,11H2,1-5H3,(H,21,25)/t14-,15+,16+,17-/m1/s1. The zero-order chi connectivity index (χ0) is 22.7. The highest BCUT2D eigenvalue weighted by atomic mass is 32.2. The number of hydrogen-bond acceptors (Lipinski definition) is 7. The van der Waals surface area contributed by atoms with Gasteiger partial charge in [-0.1, -0.05) is 17.7 Å². The van der Waals surface area contributed by atoms with Crippen molar-refractivity contribution in [1.82, 2.24) is 10.0 Å². The number of esters is 1. The molecule has 1 aliphatic rings. The normalized spacial score (nSPS) is 24.3. The number of benzene rings is 1. The first-order valence-corrected chi connectivity index (χ1v) is 11.3. The number of hydrogen-bond donors (Lipinski definition) is 3. The van der Waals surface area contributed by atoms with Gasteiger partial charge in [-0.05, 0) is 53.2 Å². The molecule has 4 atom stereocenters. The number of carbonyl (C=O) groups is 2. The fraction of sp³-hybridized carbons (Fsp3) is 0.600. The van der Waals surface area contributed by atoms with Gasteiger partial charge in [-0.25, -0.2) is 17.9 Å². The molecule has 3 N–H and O–H groups in total. The van der Waals surface area contributed by atoms with Crippen LogP contribution in [0.4, 0.5) is 4.79 Å². The van der Waals surface area contributed by atoms with Crippen LogP contribution in [-0.4, -0.2) is 56.0 Å². The van der Waals surface area contributed by atoms with Gasteiger partial charge in [-0.3, -0.25) is 4.79 Å². The van der Waals surface area contributed by atoms with E-state index in [1.165, 1.54) is 12.1 Å².